The third kappa shape index (κ3) is 7.31. The number of ether oxygens (including phenoxy) is 1. The molecule has 1 aromatic rings. The molecule has 1 amide bonds. The average Bonchev–Trinajstić information content (AvgIpc) is 2.59. The Morgan fingerprint density at radius 2 is 1.88 bits per heavy atom. The highest BCUT2D eigenvalue weighted by Crippen LogP contribution is 2.19. The van der Waals surface area contributed by atoms with E-state index in [1.807, 2.05) is 0 Å². The summed E-state index contributed by atoms with van der Waals surface area (Å²) in [5.74, 6) is 0.0475. The average molecular weight is 359 g/mol. The van der Waals surface area contributed by atoms with Crippen LogP contribution >= 0.6 is 0 Å². The number of carbonyl (C=O) groups excluding carboxylic acids is 1. The molecule has 0 bridgehead atoms. The van der Waals surface area contributed by atoms with Gasteiger partial charge in [0, 0.05) is 32.7 Å². The van der Waals surface area contributed by atoms with Crippen molar-refractivity contribution in [2.75, 3.05) is 45.9 Å². The van der Waals surface area contributed by atoms with E-state index < -0.39 is 12.8 Å². The van der Waals surface area contributed by atoms with Gasteiger partial charge >= 0.3 is 6.18 Å². The molecule has 25 heavy (non-hydrogen) atoms. The van der Waals surface area contributed by atoms with Crippen molar-refractivity contribution in [3.63, 3.8) is 0 Å². The van der Waals surface area contributed by atoms with E-state index in [9.17, 15) is 18.0 Å². The van der Waals surface area contributed by atoms with E-state index >= 15 is 0 Å². The topological polar surface area (TPSA) is 44.8 Å². The van der Waals surface area contributed by atoms with Gasteiger partial charge in [0.25, 0.3) is 0 Å². The van der Waals surface area contributed by atoms with Crippen molar-refractivity contribution in [2.24, 2.45) is 0 Å². The minimum atomic E-state index is -4.37. The van der Waals surface area contributed by atoms with Crippen LogP contribution in [-0.4, -0.2) is 67.8 Å². The molecule has 0 spiro atoms. The molecule has 0 saturated carbocycles. The molecule has 140 valence electrons. The standard InChI is InChI=1S/C17H24F3N3O2/c1-2-22-6-8-23(9-7-22)12-16(24)21-11-14-4-3-5-15(10-14)25-13-17(18,19)20/h3-5,10H,2,6-9,11-13H2,1H3,(H,21,24). The third-order valence-corrected chi connectivity index (χ3v) is 4.07. The Labute approximate surface area is 145 Å². The van der Waals surface area contributed by atoms with Crippen LogP contribution in [0, 0.1) is 0 Å². The summed E-state index contributed by atoms with van der Waals surface area (Å²) < 4.78 is 41.2. The Bertz CT molecular complexity index is 558. The van der Waals surface area contributed by atoms with Crippen molar-refractivity contribution in [3.8, 4) is 5.75 Å². The quantitative estimate of drug-likeness (QED) is 0.808. The largest absolute Gasteiger partial charge is 0.484 e. The maximum absolute atomic E-state index is 12.2. The van der Waals surface area contributed by atoms with E-state index in [-0.39, 0.29) is 18.2 Å². The number of alkyl halides is 3. The Balaban J connectivity index is 1.74. The van der Waals surface area contributed by atoms with Gasteiger partial charge in [-0.2, -0.15) is 13.2 Å². The van der Waals surface area contributed by atoms with Crippen LogP contribution in [0.2, 0.25) is 0 Å². The third-order valence-electron chi connectivity index (χ3n) is 4.07. The summed E-state index contributed by atoms with van der Waals surface area (Å²) in [6, 6.07) is 6.31. The van der Waals surface area contributed by atoms with Crippen LogP contribution in [0.25, 0.3) is 0 Å². The zero-order chi connectivity index (χ0) is 18.3. The maximum atomic E-state index is 12.2. The number of amides is 1. The molecule has 1 saturated heterocycles. The number of halogens is 3. The molecule has 1 fully saturated rings. The molecule has 0 aromatic heterocycles. The van der Waals surface area contributed by atoms with E-state index in [1.54, 1.807) is 12.1 Å². The van der Waals surface area contributed by atoms with Crippen LogP contribution in [0.4, 0.5) is 13.2 Å². The van der Waals surface area contributed by atoms with Crippen LogP contribution in [0.1, 0.15) is 12.5 Å². The number of nitrogens with zero attached hydrogens (tertiary/aromatic N) is 2. The minimum absolute atomic E-state index is 0.0911. The Morgan fingerprint density at radius 3 is 2.52 bits per heavy atom. The first kappa shape index (κ1) is 19.5. The number of hydrogen-bond acceptors (Lipinski definition) is 4. The van der Waals surface area contributed by atoms with Crippen LogP contribution < -0.4 is 10.1 Å². The van der Waals surface area contributed by atoms with Gasteiger partial charge in [-0.05, 0) is 24.2 Å². The number of hydrogen-bond donors (Lipinski definition) is 1. The molecule has 8 heteroatoms. The maximum Gasteiger partial charge on any atom is 0.422 e. The highest BCUT2D eigenvalue weighted by molar-refractivity contribution is 5.78. The van der Waals surface area contributed by atoms with Gasteiger partial charge in [0.2, 0.25) is 5.91 Å². The van der Waals surface area contributed by atoms with Crippen LogP contribution in [0.5, 0.6) is 5.75 Å². The molecule has 1 aromatic carbocycles. The molecular weight excluding hydrogens is 335 g/mol. The van der Waals surface area contributed by atoms with Gasteiger partial charge in [-0.1, -0.05) is 19.1 Å². The first-order chi connectivity index (χ1) is 11.9. The fourth-order valence-corrected chi connectivity index (χ4v) is 2.63. The smallest absolute Gasteiger partial charge is 0.422 e. The van der Waals surface area contributed by atoms with Gasteiger partial charge in [0.15, 0.2) is 6.61 Å². The molecule has 5 nitrogen and oxygen atoms in total. The highest BCUT2D eigenvalue weighted by atomic mass is 19.4. The lowest BCUT2D eigenvalue weighted by Crippen LogP contribution is -2.49. The fourth-order valence-electron chi connectivity index (χ4n) is 2.63. The zero-order valence-corrected chi connectivity index (χ0v) is 14.3. The summed E-state index contributed by atoms with van der Waals surface area (Å²) in [5.41, 5.74) is 0.698. The van der Waals surface area contributed by atoms with Crippen molar-refractivity contribution in [3.05, 3.63) is 29.8 Å². The fraction of sp³-hybridized carbons (Fsp3) is 0.588. The van der Waals surface area contributed by atoms with E-state index in [0.29, 0.717) is 12.1 Å². The molecule has 1 aliphatic heterocycles. The molecule has 2 rings (SSSR count). The second-order valence-electron chi connectivity index (χ2n) is 6.04. The number of rotatable bonds is 7. The highest BCUT2D eigenvalue weighted by Gasteiger charge is 2.28. The predicted molar refractivity (Wildman–Crippen MR) is 88.4 cm³/mol. The lowest BCUT2D eigenvalue weighted by atomic mass is 10.2. The summed E-state index contributed by atoms with van der Waals surface area (Å²) in [6.07, 6.45) is -4.37. The molecule has 0 atom stereocenters. The summed E-state index contributed by atoms with van der Waals surface area (Å²) in [5, 5.41) is 2.80. The molecular formula is C17H24F3N3O2. The predicted octanol–water partition coefficient (Wildman–Crippen LogP) is 1.88. The normalized spacial score (nSPS) is 16.6. The van der Waals surface area contributed by atoms with Crippen molar-refractivity contribution >= 4 is 5.91 Å². The van der Waals surface area contributed by atoms with Gasteiger partial charge in [-0.25, -0.2) is 0 Å². The van der Waals surface area contributed by atoms with Crippen molar-refractivity contribution in [2.45, 2.75) is 19.6 Å². The van der Waals surface area contributed by atoms with Crippen LogP contribution in [-0.2, 0) is 11.3 Å². The van der Waals surface area contributed by atoms with Gasteiger partial charge in [-0.15, -0.1) is 0 Å². The lowest BCUT2D eigenvalue weighted by Gasteiger charge is -2.33. The summed E-state index contributed by atoms with van der Waals surface area (Å²) in [6.45, 7) is 6.06. The number of piperazine rings is 1. The van der Waals surface area contributed by atoms with Gasteiger partial charge in [0.05, 0.1) is 6.54 Å². The van der Waals surface area contributed by atoms with E-state index in [2.05, 4.69) is 22.0 Å². The monoisotopic (exact) mass is 359 g/mol. The van der Waals surface area contributed by atoms with E-state index in [4.69, 9.17) is 4.74 Å². The number of nitrogens with one attached hydrogen (secondary N) is 1. The summed E-state index contributed by atoms with van der Waals surface area (Å²) in [7, 11) is 0. The first-order valence-corrected chi connectivity index (χ1v) is 8.35. The van der Waals surface area contributed by atoms with E-state index in [0.717, 1.165) is 32.7 Å². The van der Waals surface area contributed by atoms with Gasteiger partial charge in [-0.3, -0.25) is 9.69 Å². The molecule has 1 heterocycles. The number of carbonyl (C=O) groups is 1. The van der Waals surface area contributed by atoms with Crippen LogP contribution in [0.3, 0.4) is 0 Å². The van der Waals surface area contributed by atoms with Crippen molar-refractivity contribution < 1.29 is 22.7 Å². The Hall–Kier alpha value is -1.80. The van der Waals surface area contributed by atoms with Crippen molar-refractivity contribution in [1.29, 1.82) is 0 Å². The molecule has 0 radical (unpaired) electrons. The Morgan fingerprint density at radius 1 is 1.20 bits per heavy atom. The van der Waals surface area contributed by atoms with Gasteiger partial charge in [0.1, 0.15) is 5.75 Å². The summed E-state index contributed by atoms with van der Waals surface area (Å²) >= 11 is 0. The molecule has 0 unspecified atom stereocenters. The molecule has 0 aliphatic carbocycles. The zero-order valence-electron chi connectivity index (χ0n) is 14.3. The Kier molecular flexibility index (Phi) is 7.07. The number of benzene rings is 1. The lowest BCUT2D eigenvalue weighted by molar-refractivity contribution is -0.153. The van der Waals surface area contributed by atoms with E-state index in [1.165, 1.54) is 12.1 Å². The SMILES string of the molecule is CCN1CCN(CC(=O)NCc2cccc(OCC(F)(F)F)c2)CC1. The van der Waals surface area contributed by atoms with Gasteiger partial charge < -0.3 is 15.0 Å². The second-order valence-corrected chi connectivity index (χ2v) is 6.04. The second kappa shape index (κ2) is 9.05. The first-order valence-electron chi connectivity index (χ1n) is 8.35. The molecule has 1 N–H and O–H groups in total. The number of likely N-dealkylation sites (N-methyl/N-ethyl adjacent to an activating group) is 1. The minimum Gasteiger partial charge on any atom is -0.484 e. The summed E-state index contributed by atoms with van der Waals surface area (Å²) in [4.78, 5) is 16.5. The van der Waals surface area contributed by atoms with Crippen molar-refractivity contribution in [1.82, 2.24) is 15.1 Å². The molecule has 1 aliphatic rings. The van der Waals surface area contributed by atoms with Crippen LogP contribution in [0.15, 0.2) is 24.3 Å².